The van der Waals surface area contributed by atoms with E-state index in [2.05, 4.69) is 29.3 Å². The summed E-state index contributed by atoms with van der Waals surface area (Å²) in [7, 11) is 0. The quantitative estimate of drug-likeness (QED) is 0.868. The maximum Gasteiger partial charge on any atom is 0.223 e. The van der Waals surface area contributed by atoms with Crippen molar-refractivity contribution >= 4 is 0 Å². The first kappa shape index (κ1) is 13.5. The Morgan fingerprint density at radius 1 is 1.50 bits per heavy atom. The monoisotopic (exact) mass is 253 g/mol. The fraction of sp³-hybridized carbons (Fsp3) is 0.846. The summed E-state index contributed by atoms with van der Waals surface area (Å²) in [6.45, 7) is 7.94. The summed E-state index contributed by atoms with van der Waals surface area (Å²) in [5.74, 6) is 1.42. The lowest BCUT2D eigenvalue weighted by Crippen LogP contribution is -2.45. The van der Waals surface area contributed by atoms with Gasteiger partial charge < -0.3 is 14.6 Å². The zero-order valence-corrected chi connectivity index (χ0v) is 11.5. The molecule has 5 heteroatoms. The lowest BCUT2D eigenvalue weighted by atomic mass is 9.90. The van der Waals surface area contributed by atoms with E-state index in [1.165, 1.54) is 0 Å². The number of nitrogens with one attached hydrogen (secondary N) is 1. The summed E-state index contributed by atoms with van der Waals surface area (Å²) in [6.07, 6.45) is 4.04. The molecule has 2 unspecified atom stereocenters. The number of hydrogen-bond acceptors (Lipinski definition) is 5. The van der Waals surface area contributed by atoms with Crippen molar-refractivity contribution in [3.05, 3.63) is 11.7 Å². The number of hydrogen-bond donors (Lipinski definition) is 1. The Labute approximate surface area is 108 Å². The highest BCUT2D eigenvalue weighted by molar-refractivity contribution is 4.88. The van der Waals surface area contributed by atoms with Gasteiger partial charge in [0.1, 0.15) is 0 Å². The molecule has 1 aromatic heterocycles. The van der Waals surface area contributed by atoms with Crippen molar-refractivity contribution in [3.63, 3.8) is 0 Å². The fourth-order valence-electron chi connectivity index (χ4n) is 2.38. The average molecular weight is 253 g/mol. The van der Waals surface area contributed by atoms with Crippen LogP contribution in [0, 0.1) is 6.92 Å². The van der Waals surface area contributed by atoms with Gasteiger partial charge in [0.15, 0.2) is 5.82 Å². The van der Waals surface area contributed by atoms with E-state index in [9.17, 15) is 0 Å². The number of ether oxygens (including phenoxy) is 1. The Morgan fingerprint density at radius 2 is 2.33 bits per heavy atom. The first-order valence-corrected chi connectivity index (χ1v) is 6.78. The minimum absolute atomic E-state index is 0.0403. The van der Waals surface area contributed by atoms with Gasteiger partial charge in [-0.2, -0.15) is 4.98 Å². The number of rotatable bonds is 5. The first-order valence-electron chi connectivity index (χ1n) is 6.78. The molecular formula is C13H23N3O2. The maximum absolute atomic E-state index is 5.83. The first-order chi connectivity index (χ1) is 8.61. The Balaban J connectivity index is 1.73. The molecule has 0 aromatic carbocycles. The van der Waals surface area contributed by atoms with Gasteiger partial charge in [-0.1, -0.05) is 12.1 Å². The van der Waals surface area contributed by atoms with Crippen LogP contribution >= 0.6 is 0 Å². The largest absolute Gasteiger partial charge is 0.375 e. The Hall–Kier alpha value is -0.940. The van der Waals surface area contributed by atoms with E-state index in [1.54, 1.807) is 0 Å². The van der Waals surface area contributed by atoms with E-state index < -0.39 is 0 Å². The van der Waals surface area contributed by atoms with Gasteiger partial charge in [0, 0.05) is 32.5 Å². The van der Waals surface area contributed by atoms with Gasteiger partial charge in [0.25, 0.3) is 0 Å². The highest BCUT2D eigenvalue weighted by Crippen LogP contribution is 2.27. The third kappa shape index (κ3) is 3.53. The summed E-state index contributed by atoms with van der Waals surface area (Å²) in [4.78, 5) is 4.20. The number of aromatic nitrogens is 2. The van der Waals surface area contributed by atoms with Crippen LogP contribution in [0.1, 0.15) is 44.8 Å². The molecule has 102 valence electrons. The van der Waals surface area contributed by atoms with Crippen molar-refractivity contribution in [2.24, 2.45) is 0 Å². The van der Waals surface area contributed by atoms with Crippen LogP contribution in [-0.2, 0) is 11.2 Å². The smallest absolute Gasteiger partial charge is 0.223 e. The average Bonchev–Trinajstić information content (AvgIpc) is 2.75. The van der Waals surface area contributed by atoms with Crippen molar-refractivity contribution in [1.29, 1.82) is 0 Å². The van der Waals surface area contributed by atoms with E-state index in [1.807, 2.05) is 6.92 Å². The van der Waals surface area contributed by atoms with Crippen LogP contribution in [0.4, 0.5) is 0 Å². The molecule has 5 nitrogen and oxygen atoms in total. The van der Waals surface area contributed by atoms with Crippen molar-refractivity contribution in [3.8, 4) is 0 Å². The number of nitrogens with zero attached hydrogens (tertiary/aromatic N) is 2. The van der Waals surface area contributed by atoms with Gasteiger partial charge in [0.05, 0.1) is 5.60 Å². The maximum atomic E-state index is 5.83. The second-order valence-corrected chi connectivity index (χ2v) is 5.28. The predicted octanol–water partition coefficient (Wildman–Crippen LogP) is 1.86. The van der Waals surface area contributed by atoms with E-state index in [4.69, 9.17) is 9.26 Å². The Bertz CT molecular complexity index is 380. The SMILES string of the molecule is CCC1(C)CC(NCCc2noc(C)n2)CCO1. The van der Waals surface area contributed by atoms with E-state index in [0.717, 1.165) is 44.7 Å². The summed E-state index contributed by atoms with van der Waals surface area (Å²) in [5, 5.41) is 7.46. The van der Waals surface area contributed by atoms with Crippen LogP contribution < -0.4 is 5.32 Å². The topological polar surface area (TPSA) is 60.2 Å². The minimum Gasteiger partial charge on any atom is -0.375 e. The van der Waals surface area contributed by atoms with Crippen LogP contribution in [0.25, 0.3) is 0 Å². The van der Waals surface area contributed by atoms with Crippen molar-refractivity contribution in [2.45, 2.75) is 58.1 Å². The van der Waals surface area contributed by atoms with E-state index >= 15 is 0 Å². The second-order valence-electron chi connectivity index (χ2n) is 5.28. The van der Waals surface area contributed by atoms with Gasteiger partial charge >= 0.3 is 0 Å². The molecule has 1 aliphatic heterocycles. The van der Waals surface area contributed by atoms with Crippen LogP contribution in [0.5, 0.6) is 0 Å². The standard InChI is InChI=1S/C13H23N3O2/c1-4-13(3)9-11(6-8-17-13)14-7-5-12-15-10(2)18-16-12/h11,14H,4-9H2,1-3H3. The van der Waals surface area contributed by atoms with E-state index in [-0.39, 0.29) is 5.60 Å². The molecule has 0 spiro atoms. The van der Waals surface area contributed by atoms with Crippen LogP contribution in [0.15, 0.2) is 4.52 Å². The van der Waals surface area contributed by atoms with Gasteiger partial charge in [-0.15, -0.1) is 0 Å². The summed E-state index contributed by atoms with van der Waals surface area (Å²) in [5.41, 5.74) is 0.0403. The van der Waals surface area contributed by atoms with Crippen LogP contribution in [-0.4, -0.2) is 34.9 Å². The molecule has 18 heavy (non-hydrogen) atoms. The highest BCUT2D eigenvalue weighted by Gasteiger charge is 2.31. The second kappa shape index (κ2) is 5.80. The van der Waals surface area contributed by atoms with E-state index in [0.29, 0.717) is 11.9 Å². The zero-order chi connectivity index (χ0) is 13.0. The molecule has 1 saturated heterocycles. The molecule has 0 saturated carbocycles. The van der Waals surface area contributed by atoms with Gasteiger partial charge in [-0.3, -0.25) is 0 Å². The molecule has 2 atom stereocenters. The van der Waals surface area contributed by atoms with Gasteiger partial charge in [0.2, 0.25) is 5.89 Å². The lowest BCUT2D eigenvalue weighted by molar-refractivity contribution is -0.0778. The van der Waals surface area contributed by atoms with Crippen LogP contribution in [0.3, 0.4) is 0 Å². The van der Waals surface area contributed by atoms with Crippen molar-refractivity contribution in [1.82, 2.24) is 15.5 Å². The third-order valence-electron chi connectivity index (χ3n) is 3.69. The van der Waals surface area contributed by atoms with Crippen molar-refractivity contribution < 1.29 is 9.26 Å². The predicted molar refractivity (Wildman–Crippen MR) is 68.4 cm³/mol. The fourth-order valence-corrected chi connectivity index (χ4v) is 2.38. The Kier molecular flexibility index (Phi) is 4.35. The molecule has 2 rings (SSSR count). The molecule has 0 bridgehead atoms. The Morgan fingerprint density at radius 3 is 3.00 bits per heavy atom. The van der Waals surface area contributed by atoms with Gasteiger partial charge in [-0.05, 0) is 26.2 Å². The highest BCUT2D eigenvalue weighted by atomic mass is 16.5. The summed E-state index contributed by atoms with van der Waals surface area (Å²) >= 11 is 0. The zero-order valence-electron chi connectivity index (χ0n) is 11.5. The van der Waals surface area contributed by atoms with Crippen molar-refractivity contribution in [2.75, 3.05) is 13.2 Å². The molecule has 1 aromatic rings. The molecule has 0 aliphatic carbocycles. The molecule has 2 heterocycles. The van der Waals surface area contributed by atoms with Gasteiger partial charge in [-0.25, -0.2) is 0 Å². The minimum atomic E-state index is 0.0403. The lowest BCUT2D eigenvalue weighted by Gasteiger charge is -2.38. The van der Waals surface area contributed by atoms with Crippen LogP contribution in [0.2, 0.25) is 0 Å². The third-order valence-corrected chi connectivity index (χ3v) is 3.69. The molecule has 1 aliphatic rings. The summed E-state index contributed by atoms with van der Waals surface area (Å²) < 4.78 is 10.8. The molecule has 0 radical (unpaired) electrons. The molecule has 1 N–H and O–H groups in total. The number of aryl methyl sites for hydroxylation is 1. The summed E-state index contributed by atoms with van der Waals surface area (Å²) in [6, 6.07) is 0.539. The normalized spacial score (nSPS) is 28.5. The molecular weight excluding hydrogens is 230 g/mol. The molecule has 0 amide bonds. The molecule has 1 fully saturated rings.